The lowest BCUT2D eigenvalue weighted by molar-refractivity contribution is -0.122. The number of thiocarbonyl (C=S) groups is 1. The van der Waals surface area contributed by atoms with Crippen molar-refractivity contribution in [3.63, 3.8) is 0 Å². The first-order valence-corrected chi connectivity index (χ1v) is 10.1. The van der Waals surface area contributed by atoms with Crippen molar-refractivity contribution in [2.75, 3.05) is 13.7 Å². The van der Waals surface area contributed by atoms with Crippen LogP contribution in [-0.4, -0.2) is 29.6 Å². The highest BCUT2D eigenvalue weighted by atomic mass is 32.1. The standard InChI is InChI=1S/C23H26N2O3S/c1-4-5-12-25-22(26)20(24-23(25)29)14-17-8-11-21(27-3)18(13-17)15-28-19-9-6-16(2)7-10-19/h6-11,13-14H,4-5,12,15H2,1-3H3,(H,24,29)/b20-14+. The number of benzene rings is 2. The van der Waals surface area contributed by atoms with Gasteiger partial charge in [-0.25, -0.2) is 0 Å². The van der Waals surface area contributed by atoms with Crippen LogP contribution in [0.2, 0.25) is 0 Å². The minimum absolute atomic E-state index is 0.0864. The summed E-state index contributed by atoms with van der Waals surface area (Å²) in [4.78, 5) is 14.3. The molecular formula is C23H26N2O3S. The van der Waals surface area contributed by atoms with Crippen molar-refractivity contribution in [3.05, 3.63) is 64.9 Å². The van der Waals surface area contributed by atoms with Gasteiger partial charge in [-0.2, -0.15) is 0 Å². The predicted molar refractivity (Wildman–Crippen MR) is 119 cm³/mol. The molecule has 1 fully saturated rings. The van der Waals surface area contributed by atoms with Gasteiger partial charge in [0.05, 0.1) is 7.11 Å². The van der Waals surface area contributed by atoms with Crippen molar-refractivity contribution in [1.29, 1.82) is 0 Å². The van der Waals surface area contributed by atoms with Crippen LogP contribution < -0.4 is 14.8 Å². The van der Waals surface area contributed by atoms with Gasteiger partial charge in [0.15, 0.2) is 5.11 Å². The normalized spacial score (nSPS) is 15.0. The molecule has 0 aromatic heterocycles. The van der Waals surface area contributed by atoms with Crippen LogP contribution in [0.1, 0.15) is 36.5 Å². The molecule has 152 valence electrons. The van der Waals surface area contributed by atoms with Gasteiger partial charge in [-0.15, -0.1) is 0 Å². The molecule has 3 rings (SSSR count). The highest BCUT2D eigenvalue weighted by molar-refractivity contribution is 7.80. The number of rotatable bonds is 8. The Balaban J connectivity index is 1.77. The van der Waals surface area contributed by atoms with Gasteiger partial charge >= 0.3 is 0 Å². The summed E-state index contributed by atoms with van der Waals surface area (Å²) in [7, 11) is 1.63. The average molecular weight is 411 g/mol. The average Bonchev–Trinajstić information content (AvgIpc) is 2.98. The van der Waals surface area contributed by atoms with Crippen LogP contribution in [0.15, 0.2) is 48.2 Å². The van der Waals surface area contributed by atoms with Crippen molar-refractivity contribution in [2.45, 2.75) is 33.3 Å². The maximum atomic E-state index is 12.6. The second-order valence-electron chi connectivity index (χ2n) is 6.97. The van der Waals surface area contributed by atoms with E-state index < -0.39 is 0 Å². The first-order valence-electron chi connectivity index (χ1n) is 9.72. The molecule has 5 nitrogen and oxygen atoms in total. The van der Waals surface area contributed by atoms with Gasteiger partial charge in [0.2, 0.25) is 0 Å². The van der Waals surface area contributed by atoms with Crippen molar-refractivity contribution >= 4 is 29.3 Å². The maximum Gasteiger partial charge on any atom is 0.276 e. The molecule has 0 unspecified atom stereocenters. The quantitative estimate of drug-likeness (QED) is 0.515. The number of carbonyl (C=O) groups is 1. The Hall–Kier alpha value is -2.86. The summed E-state index contributed by atoms with van der Waals surface area (Å²) in [6.45, 7) is 5.13. The smallest absolute Gasteiger partial charge is 0.276 e. The minimum Gasteiger partial charge on any atom is -0.496 e. The predicted octanol–water partition coefficient (Wildman–Crippen LogP) is 4.44. The number of amides is 1. The first-order chi connectivity index (χ1) is 14.0. The molecule has 2 aromatic rings. The number of methoxy groups -OCH3 is 1. The Morgan fingerprint density at radius 3 is 2.62 bits per heavy atom. The van der Waals surface area contributed by atoms with Crippen molar-refractivity contribution < 1.29 is 14.3 Å². The number of carbonyl (C=O) groups excluding carboxylic acids is 1. The van der Waals surface area contributed by atoms with Gasteiger partial charge in [0.25, 0.3) is 5.91 Å². The molecule has 0 bridgehead atoms. The molecule has 1 amide bonds. The van der Waals surface area contributed by atoms with Gasteiger partial charge in [-0.1, -0.05) is 37.1 Å². The van der Waals surface area contributed by atoms with Crippen LogP contribution in [0, 0.1) is 6.92 Å². The molecule has 2 aromatic carbocycles. The van der Waals surface area contributed by atoms with Gasteiger partial charge in [-0.05, 0) is 61.5 Å². The Morgan fingerprint density at radius 2 is 1.93 bits per heavy atom. The number of nitrogens with zero attached hydrogens (tertiary/aromatic N) is 1. The number of unbranched alkanes of at least 4 members (excludes halogenated alkanes) is 1. The topological polar surface area (TPSA) is 50.8 Å². The van der Waals surface area contributed by atoms with Crippen LogP contribution in [0.4, 0.5) is 0 Å². The third-order valence-corrected chi connectivity index (χ3v) is 5.05. The lowest BCUT2D eigenvalue weighted by atomic mass is 10.1. The monoisotopic (exact) mass is 410 g/mol. The third-order valence-electron chi connectivity index (χ3n) is 4.73. The van der Waals surface area contributed by atoms with E-state index in [0.29, 0.717) is 24.0 Å². The van der Waals surface area contributed by atoms with Gasteiger partial charge in [0, 0.05) is 12.1 Å². The summed E-state index contributed by atoms with van der Waals surface area (Å²) in [6, 6.07) is 13.7. The zero-order valence-corrected chi connectivity index (χ0v) is 17.8. The molecule has 1 N–H and O–H groups in total. The minimum atomic E-state index is -0.0864. The van der Waals surface area contributed by atoms with Crippen LogP contribution in [0.5, 0.6) is 11.5 Å². The number of nitrogens with one attached hydrogen (secondary N) is 1. The number of hydrogen-bond acceptors (Lipinski definition) is 4. The van der Waals surface area contributed by atoms with Crippen molar-refractivity contribution in [2.24, 2.45) is 0 Å². The Labute approximate surface area is 177 Å². The SMILES string of the molecule is CCCCN1C(=O)/C(=C\c2ccc(OC)c(COc3ccc(C)cc3)c2)NC1=S. The van der Waals surface area contributed by atoms with Crippen LogP contribution in [-0.2, 0) is 11.4 Å². The fourth-order valence-electron chi connectivity index (χ4n) is 3.05. The maximum absolute atomic E-state index is 12.6. The largest absolute Gasteiger partial charge is 0.496 e. The number of ether oxygens (including phenoxy) is 2. The zero-order valence-electron chi connectivity index (χ0n) is 17.0. The van der Waals surface area contributed by atoms with E-state index in [0.717, 1.165) is 35.5 Å². The van der Waals surface area contributed by atoms with E-state index in [4.69, 9.17) is 21.7 Å². The fraction of sp³-hybridized carbons (Fsp3) is 0.304. The molecule has 1 saturated heterocycles. The second-order valence-corrected chi connectivity index (χ2v) is 7.36. The number of aryl methyl sites for hydroxylation is 1. The van der Waals surface area contributed by atoms with Crippen molar-refractivity contribution in [1.82, 2.24) is 10.2 Å². The molecule has 0 spiro atoms. The summed E-state index contributed by atoms with van der Waals surface area (Å²) in [5, 5.41) is 3.49. The molecule has 29 heavy (non-hydrogen) atoms. The summed E-state index contributed by atoms with van der Waals surface area (Å²) in [5.41, 5.74) is 3.45. The van der Waals surface area contributed by atoms with E-state index in [2.05, 4.69) is 12.2 Å². The van der Waals surface area contributed by atoms with E-state index in [1.54, 1.807) is 12.0 Å². The summed E-state index contributed by atoms with van der Waals surface area (Å²) in [6.07, 6.45) is 3.74. The number of hydrogen-bond donors (Lipinski definition) is 1. The van der Waals surface area contributed by atoms with Crippen LogP contribution in [0.25, 0.3) is 6.08 Å². The molecule has 1 aliphatic rings. The lowest BCUT2D eigenvalue weighted by Crippen LogP contribution is -2.31. The lowest BCUT2D eigenvalue weighted by Gasteiger charge is -2.12. The second kappa shape index (κ2) is 9.56. The van der Waals surface area contributed by atoms with Gasteiger partial charge < -0.3 is 14.8 Å². The fourth-order valence-corrected chi connectivity index (χ4v) is 3.34. The van der Waals surface area contributed by atoms with E-state index in [9.17, 15) is 4.79 Å². The van der Waals surface area contributed by atoms with E-state index in [1.807, 2.05) is 55.5 Å². The molecule has 6 heteroatoms. The zero-order chi connectivity index (χ0) is 20.8. The molecule has 0 atom stereocenters. The summed E-state index contributed by atoms with van der Waals surface area (Å²) in [5.74, 6) is 1.45. The van der Waals surface area contributed by atoms with Crippen molar-refractivity contribution in [3.8, 4) is 11.5 Å². The first kappa shape index (κ1) is 20.9. The highest BCUT2D eigenvalue weighted by Gasteiger charge is 2.29. The Kier molecular flexibility index (Phi) is 6.88. The highest BCUT2D eigenvalue weighted by Crippen LogP contribution is 2.24. The van der Waals surface area contributed by atoms with Gasteiger partial charge in [0.1, 0.15) is 23.8 Å². The van der Waals surface area contributed by atoms with Crippen LogP contribution >= 0.6 is 12.2 Å². The molecule has 0 radical (unpaired) electrons. The molecule has 0 saturated carbocycles. The molecule has 1 heterocycles. The van der Waals surface area contributed by atoms with Crippen LogP contribution in [0.3, 0.4) is 0 Å². The molecule has 1 aliphatic heterocycles. The molecular weight excluding hydrogens is 384 g/mol. The third kappa shape index (κ3) is 5.15. The Morgan fingerprint density at radius 1 is 1.17 bits per heavy atom. The Bertz CT molecular complexity index is 922. The van der Waals surface area contributed by atoms with E-state index in [1.165, 1.54) is 5.56 Å². The van der Waals surface area contributed by atoms with E-state index >= 15 is 0 Å². The van der Waals surface area contributed by atoms with E-state index in [-0.39, 0.29) is 5.91 Å². The summed E-state index contributed by atoms with van der Waals surface area (Å²) >= 11 is 5.31. The van der Waals surface area contributed by atoms with Gasteiger partial charge in [-0.3, -0.25) is 9.69 Å². The summed E-state index contributed by atoms with van der Waals surface area (Å²) < 4.78 is 11.4. The molecule has 0 aliphatic carbocycles.